The second-order valence-electron chi connectivity index (χ2n) is 5.20. The molecule has 0 aliphatic rings. The molecule has 0 aliphatic heterocycles. The largest absolute Gasteiger partial charge is 0.308 e. The molecule has 0 spiro atoms. The summed E-state index contributed by atoms with van der Waals surface area (Å²) in [5.41, 5.74) is 2.32. The number of halogens is 1. The summed E-state index contributed by atoms with van der Waals surface area (Å²) in [4.78, 5) is 4.44. The number of aromatic nitrogens is 1. The van der Waals surface area contributed by atoms with Crippen LogP contribution in [0.1, 0.15) is 32.8 Å². The van der Waals surface area contributed by atoms with Crippen LogP contribution < -0.4 is 5.32 Å². The Labute approximate surface area is 113 Å². The van der Waals surface area contributed by atoms with Crippen LogP contribution in [-0.4, -0.2) is 10.5 Å². The van der Waals surface area contributed by atoms with Crippen LogP contribution in [0, 0.1) is 0 Å². The van der Waals surface area contributed by atoms with Crippen molar-refractivity contribution < 1.29 is 0 Å². The minimum atomic E-state index is 0.140. The van der Waals surface area contributed by atoms with Gasteiger partial charge >= 0.3 is 0 Å². The summed E-state index contributed by atoms with van der Waals surface area (Å²) in [5.74, 6) is 0. The van der Waals surface area contributed by atoms with Crippen LogP contribution in [0.25, 0.3) is 10.9 Å². The third kappa shape index (κ3) is 2.82. The molecule has 3 heteroatoms. The quantitative estimate of drug-likeness (QED) is 0.895. The van der Waals surface area contributed by atoms with E-state index in [1.807, 2.05) is 24.4 Å². The van der Waals surface area contributed by atoms with E-state index in [0.717, 1.165) is 28.9 Å². The average Bonchev–Trinajstić information content (AvgIpc) is 2.38. The highest BCUT2D eigenvalue weighted by Crippen LogP contribution is 2.25. The summed E-state index contributed by atoms with van der Waals surface area (Å²) in [6.45, 7) is 7.41. The van der Waals surface area contributed by atoms with E-state index in [1.54, 1.807) is 0 Å². The predicted molar refractivity (Wildman–Crippen MR) is 78.0 cm³/mol. The SMILES string of the molecule is CCC(C)(C)NCc1ccc(Cl)c2cccnc12. The molecule has 1 N–H and O–H groups in total. The molecule has 0 fully saturated rings. The third-order valence-electron chi connectivity index (χ3n) is 3.44. The normalized spacial score (nSPS) is 12.0. The second kappa shape index (κ2) is 5.25. The summed E-state index contributed by atoms with van der Waals surface area (Å²) >= 11 is 6.19. The smallest absolute Gasteiger partial charge is 0.0761 e. The van der Waals surface area contributed by atoms with Gasteiger partial charge in [-0.25, -0.2) is 0 Å². The van der Waals surface area contributed by atoms with Crippen molar-refractivity contribution in [1.29, 1.82) is 0 Å². The number of pyridine rings is 1. The summed E-state index contributed by atoms with van der Waals surface area (Å²) < 4.78 is 0. The Kier molecular flexibility index (Phi) is 3.88. The number of nitrogens with one attached hydrogen (secondary N) is 1. The first-order valence-corrected chi connectivity index (χ1v) is 6.68. The van der Waals surface area contributed by atoms with Gasteiger partial charge in [0.15, 0.2) is 0 Å². The fraction of sp³-hybridized carbons (Fsp3) is 0.400. The highest BCUT2D eigenvalue weighted by Gasteiger charge is 2.14. The number of benzene rings is 1. The van der Waals surface area contributed by atoms with Crippen molar-refractivity contribution in [3.8, 4) is 0 Å². The predicted octanol–water partition coefficient (Wildman–Crippen LogP) is 4.17. The number of rotatable bonds is 4. The van der Waals surface area contributed by atoms with Crippen LogP contribution in [-0.2, 0) is 6.54 Å². The molecule has 0 saturated heterocycles. The fourth-order valence-corrected chi connectivity index (χ4v) is 2.01. The van der Waals surface area contributed by atoms with Crippen molar-refractivity contribution in [3.05, 3.63) is 41.0 Å². The van der Waals surface area contributed by atoms with E-state index in [4.69, 9.17) is 11.6 Å². The lowest BCUT2D eigenvalue weighted by molar-refractivity contribution is 0.375. The molecule has 0 atom stereocenters. The number of hydrogen-bond acceptors (Lipinski definition) is 2. The van der Waals surface area contributed by atoms with Crippen LogP contribution in [0.15, 0.2) is 30.5 Å². The van der Waals surface area contributed by atoms with Gasteiger partial charge in [-0.3, -0.25) is 4.98 Å². The number of nitrogens with zero attached hydrogens (tertiary/aromatic N) is 1. The Morgan fingerprint density at radius 1 is 1.28 bits per heavy atom. The Balaban J connectivity index is 2.32. The van der Waals surface area contributed by atoms with Gasteiger partial charge in [0.05, 0.1) is 5.52 Å². The minimum absolute atomic E-state index is 0.140. The monoisotopic (exact) mass is 262 g/mol. The van der Waals surface area contributed by atoms with Gasteiger partial charge in [0, 0.05) is 28.7 Å². The average molecular weight is 263 g/mol. The summed E-state index contributed by atoms with van der Waals surface area (Å²) in [6.07, 6.45) is 2.90. The van der Waals surface area contributed by atoms with Crippen molar-refractivity contribution in [1.82, 2.24) is 10.3 Å². The third-order valence-corrected chi connectivity index (χ3v) is 3.77. The van der Waals surface area contributed by atoms with E-state index >= 15 is 0 Å². The van der Waals surface area contributed by atoms with Crippen LogP contribution in [0.5, 0.6) is 0 Å². The number of hydrogen-bond donors (Lipinski definition) is 1. The van der Waals surface area contributed by atoms with Gasteiger partial charge in [-0.15, -0.1) is 0 Å². The van der Waals surface area contributed by atoms with Gasteiger partial charge in [0.25, 0.3) is 0 Å². The van der Waals surface area contributed by atoms with Crippen LogP contribution in [0.4, 0.5) is 0 Å². The van der Waals surface area contributed by atoms with Gasteiger partial charge in [0.2, 0.25) is 0 Å². The Morgan fingerprint density at radius 3 is 2.78 bits per heavy atom. The molecule has 0 radical (unpaired) electrons. The first kappa shape index (κ1) is 13.3. The molecule has 0 unspecified atom stereocenters. The minimum Gasteiger partial charge on any atom is -0.308 e. The molecule has 0 saturated carbocycles. The molecule has 0 bridgehead atoms. The van der Waals surface area contributed by atoms with Crippen molar-refractivity contribution >= 4 is 22.5 Å². The summed E-state index contributed by atoms with van der Waals surface area (Å²) in [7, 11) is 0. The highest BCUT2D eigenvalue weighted by atomic mass is 35.5. The van der Waals surface area contributed by atoms with Gasteiger partial charge < -0.3 is 5.32 Å². The molecular formula is C15H19ClN2. The van der Waals surface area contributed by atoms with Crippen molar-refractivity contribution in [3.63, 3.8) is 0 Å². The molecule has 18 heavy (non-hydrogen) atoms. The molecule has 2 rings (SSSR count). The van der Waals surface area contributed by atoms with E-state index in [9.17, 15) is 0 Å². The summed E-state index contributed by atoms with van der Waals surface area (Å²) in [6, 6.07) is 7.93. The Bertz CT molecular complexity index is 549. The van der Waals surface area contributed by atoms with Gasteiger partial charge in [-0.1, -0.05) is 24.6 Å². The van der Waals surface area contributed by atoms with Gasteiger partial charge in [-0.05, 0) is 44.0 Å². The zero-order valence-corrected chi connectivity index (χ0v) is 11.9. The zero-order chi connectivity index (χ0) is 13.2. The van der Waals surface area contributed by atoms with E-state index < -0.39 is 0 Å². The molecule has 96 valence electrons. The summed E-state index contributed by atoms with van der Waals surface area (Å²) in [5, 5.41) is 5.34. The molecule has 0 amide bonds. The lowest BCUT2D eigenvalue weighted by atomic mass is 10.0. The molecule has 1 heterocycles. The van der Waals surface area contributed by atoms with Crippen LogP contribution >= 0.6 is 11.6 Å². The molecular weight excluding hydrogens is 244 g/mol. The van der Waals surface area contributed by atoms with Crippen molar-refractivity contribution in [2.24, 2.45) is 0 Å². The van der Waals surface area contributed by atoms with E-state index in [1.165, 1.54) is 5.56 Å². The fourth-order valence-electron chi connectivity index (χ4n) is 1.80. The highest BCUT2D eigenvalue weighted by molar-refractivity contribution is 6.35. The molecule has 2 aromatic rings. The lowest BCUT2D eigenvalue weighted by Gasteiger charge is -2.24. The Morgan fingerprint density at radius 2 is 2.06 bits per heavy atom. The van der Waals surface area contributed by atoms with Crippen molar-refractivity contribution in [2.75, 3.05) is 0 Å². The molecule has 2 nitrogen and oxygen atoms in total. The second-order valence-corrected chi connectivity index (χ2v) is 5.60. The van der Waals surface area contributed by atoms with Crippen LogP contribution in [0.2, 0.25) is 5.02 Å². The van der Waals surface area contributed by atoms with E-state index in [-0.39, 0.29) is 5.54 Å². The van der Waals surface area contributed by atoms with E-state index in [2.05, 4.69) is 37.1 Å². The Hall–Kier alpha value is -1.12. The molecule has 1 aromatic heterocycles. The number of fused-ring (bicyclic) bond motifs is 1. The van der Waals surface area contributed by atoms with Crippen molar-refractivity contribution in [2.45, 2.75) is 39.3 Å². The van der Waals surface area contributed by atoms with E-state index in [0.29, 0.717) is 0 Å². The first-order valence-electron chi connectivity index (χ1n) is 6.30. The molecule has 1 aromatic carbocycles. The zero-order valence-electron chi connectivity index (χ0n) is 11.1. The lowest BCUT2D eigenvalue weighted by Crippen LogP contribution is -2.37. The topological polar surface area (TPSA) is 24.9 Å². The maximum absolute atomic E-state index is 6.19. The standard InChI is InChI=1S/C15H19ClN2/c1-4-15(2,3)18-10-11-7-8-13(16)12-6-5-9-17-14(11)12/h5-9,18H,4,10H2,1-3H3. The van der Waals surface area contributed by atoms with Crippen LogP contribution in [0.3, 0.4) is 0 Å². The first-order chi connectivity index (χ1) is 8.53. The maximum atomic E-state index is 6.19. The van der Waals surface area contributed by atoms with Gasteiger partial charge in [-0.2, -0.15) is 0 Å². The maximum Gasteiger partial charge on any atom is 0.0761 e. The van der Waals surface area contributed by atoms with Gasteiger partial charge in [0.1, 0.15) is 0 Å². The molecule has 0 aliphatic carbocycles.